The quantitative estimate of drug-likeness (QED) is 0.257. The normalized spacial score (nSPS) is 12.1. The summed E-state index contributed by atoms with van der Waals surface area (Å²) in [5.41, 5.74) is 1.16. The van der Waals surface area contributed by atoms with E-state index in [1.807, 2.05) is 0 Å². The Bertz CT molecular complexity index is 1030. The first-order chi connectivity index (χ1) is 13.4. The number of benzene rings is 2. The fraction of sp³-hybridized carbons (Fsp3) is 0.105. The molecule has 0 saturated heterocycles. The minimum absolute atomic E-state index is 0.0453. The summed E-state index contributed by atoms with van der Waals surface area (Å²) < 4.78 is 10.7. The number of rotatable bonds is 6. The molecule has 0 radical (unpaired) electrons. The van der Waals surface area contributed by atoms with E-state index in [9.17, 15) is 14.9 Å². The molecule has 0 fully saturated rings. The number of carbonyl (C=O) groups excluding carboxylic acids is 1. The lowest BCUT2D eigenvalue weighted by atomic mass is 10.2. The van der Waals surface area contributed by atoms with E-state index in [2.05, 4.69) is 10.2 Å². The third kappa shape index (κ3) is 4.60. The average molecular weight is 400 g/mol. The number of nitro groups is 1. The highest BCUT2D eigenvalue weighted by Gasteiger charge is 2.18. The molecule has 1 heterocycles. The molecule has 3 rings (SSSR count). The number of ether oxygens (including phenoxy) is 1. The molecule has 0 N–H and O–H groups in total. The number of hydrogen-bond donors (Lipinski definition) is 0. The van der Waals surface area contributed by atoms with Crippen LogP contribution in [-0.2, 0) is 9.53 Å². The molecular weight excluding hydrogens is 386 g/mol. The van der Waals surface area contributed by atoms with Gasteiger partial charge >= 0.3 is 5.97 Å². The summed E-state index contributed by atoms with van der Waals surface area (Å²) in [7, 11) is 0. The van der Waals surface area contributed by atoms with Gasteiger partial charge in [0, 0.05) is 28.8 Å². The van der Waals surface area contributed by atoms with E-state index in [-0.39, 0.29) is 17.5 Å². The van der Waals surface area contributed by atoms with Crippen LogP contribution in [0, 0.1) is 10.1 Å². The zero-order valence-corrected chi connectivity index (χ0v) is 15.4. The zero-order valence-electron chi connectivity index (χ0n) is 14.6. The maximum absolute atomic E-state index is 12.0. The topological polar surface area (TPSA) is 108 Å². The van der Waals surface area contributed by atoms with Gasteiger partial charge in [-0.2, -0.15) is 0 Å². The van der Waals surface area contributed by atoms with E-state index in [0.29, 0.717) is 16.1 Å². The Morgan fingerprint density at radius 1 is 1.21 bits per heavy atom. The Balaban J connectivity index is 1.65. The molecule has 142 valence electrons. The number of halogens is 1. The third-order valence-corrected chi connectivity index (χ3v) is 4.05. The Kier molecular flexibility index (Phi) is 5.81. The van der Waals surface area contributed by atoms with Crippen LogP contribution in [-0.4, -0.2) is 21.1 Å². The predicted octanol–water partition coefficient (Wildman–Crippen LogP) is 4.62. The van der Waals surface area contributed by atoms with E-state index in [1.165, 1.54) is 30.3 Å². The summed E-state index contributed by atoms with van der Waals surface area (Å²) >= 11 is 6.02. The van der Waals surface area contributed by atoms with Crippen LogP contribution in [0.4, 0.5) is 5.69 Å². The van der Waals surface area contributed by atoms with Crippen molar-refractivity contribution in [2.24, 2.45) is 0 Å². The number of aromatic nitrogens is 2. The fourth-order valence-electron chi connectivity index (χ4n) is 2.27. The van der Waals surface area contributed by atoms with Crippen molar-refractivity contribution in [2.75, 3.05) is 0 Å². The minimum atomic E-state index is -0.775. The number of nitrogens with zero attached hydrogens (tertiary/aromatic N) is 3. The molecule has 0 aliphatic heterocycles. The third-order valence-electron chi connectivity index (χ3n) is 3.71. The number of nitro benzene ring substituents is 1. The van der Waals surface area contributed by atoms with E-state index in [4.69, 9.17) is 20.8 Å². The van der Waals surface area contributed by atoms with Crippen molar-refractivity contribution in [2.45, 2.75) is 13.0 Å². The van der Waals surface area contributed by atoms with E-state index in [1.54, 1.807) is 37.3 Å². The summed E-state index contributed by atoms with van der Waals surface area (Å²) in [5, 5.41) is 19.0. The summed E-state index contributed by atoms with van der Waals surface area (Å²) in [5.74, 6) is -0.324. The van der Waals surface area contributed by atoms with Crippen molar-refractivity contribution in [3.8, 4) is 11.5 Å². The molecule has 9 heteroatoms. The summed E-state index contributed by atoms with van der Waals surface area (Å²) in [6.07, 6.45) is 2.03. The Morgan fingerprint density at radius 2 is 1.93 bits per heavy atom. The highest BCUT2D eigenvalue weighted by molar-refractivity contribution is 6.32. The summed E-state index contributed by atoms with van der Waals surface area (Å²) in [6.45, 7) is 1.59. The smallest absolute Gasteiger partial charge is 0.331 e. The lowest BCUT2D eigenvalue weighted by molar-refractivity contribution is -0.384. The molecule has 0 bridgehead atoms. The summed E-state index contributed by atoms with van der Waals surface area (Å²) in [4.78, 5) is 22.2. The Hall–Kier alpha value is -3.52. The van der Waals surface area contributed by atoms with Gasteiger partial charge in [-0.25, -0.2) is 4.79 Å². The second-order valence-electron chi connectivity index (χ2n) is 5.68. The fourth-order valence-corrected chi connectivity index (χ4v) is 2.47. The standard InChI is InChI=1S/C19H14ClN3O5/c1-12(27-17(24)11-8-13-4-2-3-5-16(13)20)18-21-22-19(28-18)14-6-9-15(10-7-14)23(25)26/h2-12H,1H3/b11-8+/t12-/m0/s1. The molecule has 0 saturated carbocycles. The monoisotopic (exact) mass is 399 g/mol. The van der Waals surface area contributed by atoms with Gasteiger partial charge in [0.1, 0.15) is 0 Å². The maximum atomic E-state index is 12.0. The molecule has 0 spiro atoms. The van der Waals surface area contributed by atoms with Crippen LogP contribution < -0.4 is 0 Å². The maximum Gasteiger partial charge on any atom is 0.331 e. The van der Waals surface area contributed by atoms with Gasteiger partial charge in [0.15, 0.2) is 6.10 Å². The molecule has 1 aromatic heterocycles. The second-order valence-corrected chi connectivity index (χ2v) is 6.09. The first kappa shape index (κ1) is 19.2. The van der Waals surface area contributed by atoms with E-state index in [0.717, 1.165) is 0 Å². The van der Waals surface area contributed by atoms with Gasteiger partial charge in [-0.1, -0.05) is 29.8 Å². The minimum Gasteiger partial charge on any atom is -0.449 e. The van der Waals surface area contributed by atoms with Crippen molar-refractivity contribution in [1.82, 2.24) is 10.2 Å². The van der Waals surface area contributed by atoms with E-state index < -0.39 is 17.0 Å². The molecule has 8 nitrogen and oxygen atoms in total. The molecule has 0 aliphatic carbocycles. The van der Waals surface area contributed by atoms with Crippen molar-refractivity contribution in [3.05, 3.63) is 81.2 Å². The van der Waals surface area contributed by atoms with Gasteiger partial charge in [0.2, 0.25) is 5.89 Å². The largest absolute Gasteiger partial charge is 0.449 e. The first-order valence-corrected chi connectivity index (χ1v) is 8.53. The molecule has 0 aliphatic rings. The van der Waals surface area contributed by atoms with Gasteiger partial charge in [-0.3, -0.25) is 10.1 Å². The summed E-state index contributed by atoms with van der Waals surface area (Å²) in [6, 6.07) is 12.7. The number of non-ortho nitro benzene ring substituents is 1. The number of hydrogen-bond acceptors (Lipinski definition) is 7. The van der Waals surface area contributed by atoms with Gasteiger partial charge in [0.25, 0.3) is 11.6 Å². The van der Waals surface area contributed by atoms with Gasteiger partial charge in [-0.15, -0.1) is 10.2 Å². The second kappa shape index (κ2) is 8.45. The first-order valence-electron chi connectivity index (χ1n) is 8.15. The van der Waals surface area contributed by atoms with Crippen molar-refractivity contribution < 1.29 is 18.9 Å². The van der Waals surface area contributed by atoms with Crippen molar-refractivity contribution in [3.63, 3.8) is 0 Å². The molecule has 3 aromatic rings. The van der Waals surface area contributed by atoms with E-state index >= 15 is 0 Å². The Morgan fingerprint density at radius 3 is 2.61 bits per heavy atom. The molecule has 0 unspecified atom stereocenters. The van der Waals surface area contributed by atoms with Crippen LogP contribution >= 0.6 is 11.6 Å². The molecule has 1 atom stereocenters. The lowest BCUT2D eigenvalue weighted by Crippen LogP contribution is -2.06. The van der Waals surface area contributed by atoms with Crippen LogP contribution in [0.25, 0.3) is 17.5 Å². The van der Waals surface area contributed by atoms with Gasteiger partial charge in [-0.05, 0) is 36.8 Å². The van der Waals surface area contributed by atoms with Crippen LogP contribution in [0.2, 0.25) is 5.02 Å². The highest BCUT2D eigenvalue weighted by atomic mass is 35.5. The molecule has 0 amide bonds. The van der Waals surface area contributed by atoms with Gasteiger partial charge < -0.3 is 9.15 Å². The van der Waals surface area contributed by atoms with Crippen LogP contribution in [0.5, 0.6) is 0 Å². The molecular formula is C19H14ClN3O5. The van der Waals surface area contributed by atoms with Crippen molar-refractivity contribution in [1.29, 1.82) is 0 Å². The van der Waals surface area contributed by atoms with Gasteiger partial charge in [0.05, 0.1) is 4.92 Å². The predicted molar refractivity (Wildman–Crippen MR) is 101 cm³/mol. The van der Waals surface area contributed by atoms with Crippen LogP contribution in [0.1, 0.15) is 24.5 Å². The lowest BCUT2D eigenvalue weighted by Gasteiger charge is -2.06. The average Bonchev–Trinajstić information content (AvgIpc) is 3.18. The van der Waals surface area contributed by atoms with Crippen LogP contribution in [0.3, 0.4) is 0 Å². The van der Waals surface area contributed by atoms with Crippen LogP contribution in [0.15, 0.2) is 59.0 Å². The zero-order chi connectivity index (χ0) is 20.1. The number of carbonyl (C=O) groups is 1. The number of esters is 1. The molecule has 2 aromatic carbocycles. The highest BCUT2D eigenvalue weighted by Crippen LogP contribution is 2.24. The molecule has 28 heavy (non-hydrogen) atoms. The SMILES string of the molecule is C[C@H](OC(=O)/C=C/c1ccccc1Cl)c1nnc(-c2ccc([N+](=O)[O-])cc2)o1. The van der Waals surface area contributed by atoms with Crippen molar-refractivity contribution >= 4 is 29.3 Å². The Labute approximate surface area is 164 Å².